The van der Waals surface area contributed by atoms with Crippen molar-refractivity contribution in [2.75, 3.05) is 13.1 Å². The van der Waals surface area contributed by atoms with Crippen molar-refractivity contribution in [3.63, 3.8) is 0 Å². The zero-order chi connectivity index (χ0) is 8.43. The normalized spacial score (nSPS) is 22.7. The summed E-state index contributed by atoms with van der Waals surface area (Å²) in [5.74, 6) is -2.15. The molecular formula is C7H9NO3. The number of hydrogen-bond acceptors (Lipinski definition) is 2. The van der Waals surface area contributed by atoms with E-state index < -0.39 is 11.9 Å². The van der Waals surface area contributed by atoms with Crippen molar-refractivity contribution < 1.29 is 14.7 Å². The molecule has 4 nitrogen and oxygen atoms in total. The number of hydrogen-bond donors (Lipinski definition) is 1. The van der Waals surface area contributed by atoms with E-state index >= 15 is 0 Å². The standard InChI is InChI=1S/C7H9NO3/c1-2-3-8-4-5(6(8)9)7(10)11/h2,5H,1,3-4H2,(H,10,11). The predicted molar refractivity (Wildman–Crippen MR) is 37.9 cm³/mol. The summed E-state index contributed by atoms with van der Waals surface area (Å²) in [5.41, 5.74) is 0. The van der Waals surface area contributed by atoms with E-state index in [4.69, 9.17) is 5.11 Å². The first kappa shape index (κ1) is 7.78. The molecule has 1 fully saturated rings. The first-order valence-corrected chi connectivity index (χ1v) is 3.29. The number of rotatable bonds is 3. The van der Waals surface area contributed by atoms with Crippen molar-refractivity contribution in [1.82, 2.24) is 4.90 Å². The summed E-state index contributed by atoms with van der Waals surface area (Å²) >= 11 is 0. The number of carbonyl (C=O) groups is 2. The summed E-state index contributed by atoms with van der Waals surface area (Å²) in [6.07, 6.45) is 1.58. The minimum atomic E-state index is -1.03. The van der Waals surface area contributed by atoms with Gasteiger partial charge in [-0.2, -0.15) is 0 Å². The lowest BCUT2D eigenvalue weighted by Crippen LogP contribution is -2.55. The molecule has 1 aliphatic heterocycles. The van der Waals surface area contributed by atoms with E-state index in [1.807, 2.05) is 0 Å². The van der Waals surface area contributed by atoms with Crippen molar-refractivity contribution in [1.29, 1.82) is 0 Å². The summed E-state index contributed by atoms with van der Waals surface area (Å²) in [6, 6.07) is 0. The summed E-state index contributed by atoms with van der Waals surface area (Å²) in [6.45, 7) is 4.21. The SMILES string of the molecule is C=CCN1CC(C(=O)O)C1=O. The molecule has 1 aliphatic rings. The second kappa shape index (κ2) is 2.74. The highest BCUT2D eigenvalue weighted by Crippen LogP contribution is 2.16. The van der Waals surface area contributed by atoms with Gasteiger partial charge in [0.05, 0.1) is 0 Å². The van der Waals surface area contributed by atoms with Gasteiger partial charge in [-0.05, 0) is 0 Å². The highest BCUT2D eigenvalue weighted by Gasteiger charge is 2.41. The molecule has 1 amide bonds. The smallest absolute Gasteiger partial charge is 0.317 e. The molecule has 1 saturated heterocycles. The van der Waals surface area contributed by atoms with Gasteiger partial charge in [-0.1, -0.05) is 6.08 Å². The van der Waals surface area contributed by atoms with Gasteiger partial charge in [-0.3, -0.25) is 9.59 Å². The van der Waals surface area contributed by atoms with Crippen molar-refractivity contribution in [2.24, 2.45) is 5.92 Å². The summed E-state index contributed by atoms with van der Waals surface area (Å²) in [4.78, 5) is 22.6. The van der Waals surface area contributed by atoms with E-state index in [2.05, 4.69) is 6.58 Å². The fourth-order valence-corrected chi connectivity index (χ4v) is 1.00. The van der Waals surface area contributed by atoms with Crippen molar-refractivity contribution in [3.05, 3.63) is 12.7 Å². The van der Waals surface area contributed by atoms with Gasteiger partial charge >= 0.3 is 5.97 Å². The fraction of sp³-hybridized carbons (Fsp3) is 0.429. The Hall–Kier alpha value is -1.32. The topological polar surface area (TPSA) is 57.6 Å². The third-order valence-corrected chi connectivity index (χ3v) is 1.66. The summed E-state index contributed by atoms with van der Waals surface area (Å²) in [5, 5.41) is 8.42. The number of nitrogens with zero attached hydrogens (tertiary/aromatic N) is 1. The van der Waals surface area contributed by atoms with E-state index in [1.165, 1.54) is 4.90 Å². The Balaban J connectivity index is 2.44. The van der Waals surface area contributed by atoms with Crippen molar-refractivity contribution >= 4 is 11.9 Å². The lowest BCUT2D eigenvalue weighted by atomic mass is 9.99. The van der Waals surface area contributed by atoms with Crippen molar-refractivity contribution in [3.8, 4) is 0 Å². The van der Waals surface area contributed by atoms with Crippen LogP contribution >= 0.6 is 0 Å². The average Bonchev–Trinajstić information content (AvgIpc) is 1.95. The second-order valence-electron chi connectivity index (χ2n) is 2.42. The quantitative estimate of drug-likeness (QED) is 0.346. The van der Waals surface area contributed by atoms with Crippen LogP contribution in [0.5, 0.6) is 0 Å². The Bertz CT molecular complexity index is 212. The first-order chi connectivity index (χ1) is 5.16. The zero-order valence-corrected chi connectivity index (χ0v) is 5.99. The van der Waals surface area contributed by atoms with Crippen LogP contribution in [0, 0.1) is 5.92 Å². The molecule has 0 aromatic rings. The third-order valence-electron chi connectivity index (χ3n) is 1.66. The van der Waals surface area contributed by atoms with Gasteiger partial charge < -0.3 is 10.0 Å². The van der Waals surface area contributed by atoms with Crippen LogP contribution in [-0.2, 0) is 9.59 Å². The number of carboxylic acids is 1. The minimum absolute atomic E-state index is 0.308. The molecule has 1 atom stereocenters. The molecular weight excluding hydrogens is 146 g/mol. The highest BCUT2D eigenvalue weighted by molar-refractivity contribution is 6.01. The summed E-state index contributed by atoms with van der Waals surface area (Å²) < 4.78 is 0. The van der Waals surface area contributed by atoms with Gasteiger partial charge in [0.25, 0.3) is 0 Å². The van der Waals surface area contributed by atoms with Gasteiger partial charge in [-0.25, -0.2) is 0 Å². The maximum absolute atomic E-state index is 10.9. The molecule has 0 spiro atoms. The van der Waals surface area contributed by atoms with Crippen LogP contribution in [-0.4, -0.2) is 35.0 Å². The van der Waals surface area contributed by atoms with Crippen LogP contribution in [0.1, 0.15) is 0 Å². The first-order valence-electron chi connectivity index (χ1n) is 3.29. The van der Waals surface area contributed by atoms with Gasteiger partial charge in [0.15, 0.2) is 5.92 Å². The third kappa shape index (κ3) is 1.24. The summed E-state index contributed by atoms with van der Waals surface area (Å²) in [7, 11) is 0. The lowest BCUT2D eigenvalue weighted by molar-refractivity contribution is -0.161. The van der Waals surface area contributed by atoms with Gasteiger partial charge in [0.2, 0.25) is 5.91 Å². The number of carbonyl (C=O) groups excluding carboxylic acids is 1. The van der Waals surface area contributed by atoms with Crippen LogP contribution < -0.4 is 0 Å². The van der Waals surface area contributed by atoms with E-state index in [0.717, 1.165) is 0 Å². The van der Waals surface area contributed by atoms with E-state index in [-0.39, 0.29) is 5.91 Å². The average molecular weight is 155 g/mol. The van der Waals surface area contributed by atoms with Crippen LogP contribution in [0.4, 0.5) is 0 Å². The van der Waals surface area contributed by atoms with Crippen LogP contribution in [0.2, 0.25) is 0 Å². The van der Waals surface area contributed by atoms with Crippen LogP contribution in [0.15, 0.2) is 12.7 Å². The molecule has 4 heteroatoms. The monoisotopic (exact) mass is 155 g/mol. The van der Waals surface area contributed by atoms with Gasteiger partial charge in [0, 0.05) is 13.1 Å². The number of β-lactam (4-membered cyclic amide) rings is 1. The largest absolute Gasteiger partial charge is 0.481 e. The van der Waals surface area contributed by atoms with E-state index in [0.29, 0.717) is 13.1 Å². The Kier molecular flexibility index (Phi) is 1.94. The van der Waals surface area contributed by atoms with E-state index in [9.17, 15) is 9.59 Å². The Morgan fingerprint density at radius 2 is 2.55 bits per heavy atom. The number of likely N-dealkylation sites (tertiary alicyclic amines) is 1. The molecule has 1 N–H and O–H groups in total. The molecule has 0 radical (unpaired) electrons. The maximum Gasteiger partial charge on any atom is 0.317 e. The molecule has 0 aliphatic carbocycles. The minimum Gasteiger partial charge on any atom is -0.481 e. The van der Waals surface area contributed by atoms with E-state index in [1.54, 1.807) is 6.08 Å². The molecule has 1 rings (SSSR count). The molecule has 11 heavy (non-hydrogen) atoms. The molecule has 0 saturated carbocycles. The molecule has 60 valence electrons. The second-order valence-corrected chi connectivity index (χ2v) is 2.42. The Morgan fingerprint density at radius 3 is 2.91 bits per heavy atom. The number of amides is 1. The van der Waals surface area contributed by atoms with Crippen molar-refractivity contribution in [2.45, 2.75) is 0 Å². The van der Waals surface area contributed by atoms with Gasteiger partial charge in [-0.15, -0.1) is 6.58 Å². The maximum atomic E-state index is 10.9. The number of carboxylic acid groups (broad SMARTS) is 1. The van der Waals surface area contributed by atoms with Crippen LogP contribution in [0.3, 0.4) is 0 Å². The van der Waals surface area contributed by atoms with Gasteiger partial charge in [0.1, 0.15) is 0 Å². The molecule has 0 aromatic heterocycles. The fourth-order valence-electron chi connectivity index (χ4n) is 1.00. The molecule has 0 aromatic carbocycles. The molecule has 1 unspecified atom stereocenters. The number of aliphatic carboxylic acids is 1. The Labute approximate surface area is 64.1 Å². The Morgan fingerprint density at radius 1 is 1.91 bits per heavy atom. The van der Waals surface area contributed by atoms with Crippen LogP contribution in [0.25, 0.3) is 0 Å². The highest BCUT2D eigenvalue weighted by atomic mass is 16.4. The zero-order valence-electron chi connectivity index (χ0n) is 5.99. The predicted octanol–water partition coefficient (Wildman–Crippen LogP) is -0.285. The lowest BCUT2D eigenvalue weighted by Gasteiger charge is -2.34. The molecule has 0 bridgehead atoms. The molecule has 1 heterocycles.